The molecular weight excluding hydrogens is 488 g/mol. The highest BCUT2D eigenvalue weighted by atomic mass is 16.7. The number of methoxy groups -OCH3 is 1. The summed E-state index contributed by atoms with van der Waals surface area (Å²) in [6.07, 6.45) is 6.45. The number of hydrogen-bond acceptors (Lipinski definition) is 8. The van der Waals surface area contributed by atoms with Gasteiger partial charge in [-0.15, -0.1) is 0 Å². The lowest BCUT2D eigenvalue weighted by Gasteiger charge is -2.64. The lowest BCUT2D eigenvalue weighted by atomic mass is 9.43. The van der Waals surface area contributed by atoms with E-state index in [1.807, 2.05) is 0 Å². The first kappa shape index (κ1) is 27.2. The van der Waals surface area contributed by atoms with Crippen LogP contribution in [0.3, 0.4) is 0 Å². The topological polar surface area (TPSA) is 115 Å². The van der Waals surface area contributed by atoms with E-state index >= 15 is 0 Å². The molecule has 1 saturated heterocycles. The second-order valence-electron chi connectivity index (χ2n) is 13.7. The molecule has 4 aliphatic carbocycles. The number of hydrogen-bond donors (Lipinski definition) is 3. The van der Waals surface area contributed by atoms with Crippen LogP contribution >= 0.6 is 0 Å². The fraction of sp³-hybridized carbons (Fsp3) is 0.900. The van der Waals surface area contributed by atoms with Crippen LogP contribution in [0, 0.1) is 34.5 Å². The Balaban J connectivity index is 1.16. The Kier molecular flexibility index (Phi) is 6.80. The monoisotopic (exact) mass is 534 g/mol. The molecule has 3 N–H and O–H groups in total. The van der Waals surface area contributed by atoms with Gasteiger partial charge in [-0.2, -0.15) is 0 Å². The fourth-order valence-corrected chi connectivity index (χ4v) is 10.1. The van der Waals surface area contributed by atoms with Crippen molar-refractivity contribution in [1.82, 2.24) is 0 Å². The van der Waals surface area contributed by atoms with E-state index in [1.165, 1.54) is 7.11 Å². The summed E-state index contributed by atoms with van der Waals surface area (Å²) in [4.78, 5) is 11.8. The second-order valence-corrected chi connectivity index (χ2v) is 13.7. The molecule has 2 heterocycles. The standard InChI is InChI=1S/C30H46O8/c1-16-24(32)26(35-4)25(33)27(37-16)38-19-7-10-28(2)18(14-19)5-6-22-21(28)8-11-29(3)20(9-12-30(22,29)34)17-13-23(31)36-15-17/h13,16,18-22,24-27,32-34H,5-12,14-15H2,1-4H3/t16?,18-,19+,20-,21?,22?,24+,25-,26?,27+,28+,29-,30+/m1/s1. The van der Waals surface area contributed by atoms with E-state index < -0.39 is 36.3 Å². The van der Waals surface area contributed by atoms with Crippen LogP contribution in [0.5, 0.6) is 0 Å². The zero-order valence-corrected chi connectivity index (χ0v) is 23.3. The summed E-state index contributed by atoms with van der Waals surface area (Å²) in [5.41, 5.74) is 0.300. The van der Waals surface area contributed by atoms with Gasteiger partial charge in [0.05, 0.1) is 17.8 Å². The molecule has 0 aromatic carbocycles. The number of carbonyl (C=O) groups is 1. The molecule has 0 aromatic rings. The quantitative estimate of drug-likeness (QED) is 0.372. The Hall–Kier alpha value is -1.03. The number of fused-ring (bicyclic) bond motifs is 5. The Labute approximate surface area is 226 Å². The molecule has 38 heavy (non-hydrogen) atoms. The van der Waals surface area contributed by atoms with Gasteiger partial charge in [0.1, 0.15) is 24.9 Å². The fourth-order valence-electron chi connectivity index (χ4n) is 10.1. The van der Waals surface area contributed by atoms with Crippen molar-refractivity contribution in [2.45, 2.75) is 121 Å². The van der Waals surface area contributed by atoms with E-state index in [2.05, 4.69) is 13.8 Å². The number of esters is 1. The van der Waals surface area contributed by atoms with E-state index in [0.29, 0.717) is 18.4 Å². The Morgan fingerprint density at radius 3 is 2.50 bits per heavy atom. The number of carbonyl (C=O) groups excluding carboxylic acids is 1. The molecule has 6 aliphatic rings. The van der Waals surface area contributed by atoms with Gasteiger partial charge < -0.3 is 34.3 Å². The number of cyclic esters (lactones) is 1. The molecule has 214 valence electrons. The first-order valence-electron chi connectivity index (χ1n) is 14.8. The Morgan fingerprint density at radius 1 is 1.00 bits per heavy atom. The molecule has 4 unspecified atom stereocenters. The average Bonchev–Trinajstić information content (AvgIpc) is 3.43. The summed E-state index contributed by atoms with van der Waals surface area (Å²) in [5.74, 6) is 1.22. The SMILES string of the molecule is COC1[C@@H](O)C(C)O[C@@H](O[C@H]2CC[C@]3(C)C4CC[C@]5(C)[C@@H](C6=CC(=O)OC6)CC[C@]5(O)C4CC[C@@H]3C2)[C@@H]1O. The highest BCUT2D eigenvalue weighted by molar-refractivity contribution is 5.85. The Bertz CT molecular complexity index is 968. The van der Waals surface area contributed by atoms with Crippen LogP contribution in [0.1, 0.15) is 78.6 Å². The molecule has 2 aliphatic heterocycles. The second kappa shape index (κ2) is 9.52. The number of ether oxygens (including phenoxy) is 4. The summed E-state index contributed by atoms with van der Waals surface area (Å²) < 4.78 is 22.8. The van der Waals surface area contributed by atoms with Crippen molar-refractivity contribution in [3.8, 4) is 0 Å². The summed E-state index contributed by atoms with van der Waals surface area (Å²) in [7, 11) is 1.49. The van der Waals surface area contributed by atoms with Crippen molar-refractivity contribution in [3.63, 3.8) is 0 Å². The summed E-state index contributed by atoms with van der Waals surface area (Å²) in [6, 6.07) is 0. The van der Waals surface area contributed by atoms with Crippen molar-refractivity contribution in [3.05, 3.63) is 11.6 Å². The third kappa shape index (κ3) is 3.88. The van der Waals surface area contributed by atoms with Gasteiger partial charge in [0.2, 0.25) is 0 Å². The van der Waals surface area contributed by atoms with E-state index in [-0.39, 0.29) is 34.7 Å². The minimum Gasteiger partial charge on any atom is -0.458 e. The molecule has 8 heteroatoms. The average molecular weight is 535 g/mol. The number of aliphatic hydroxyl groups excluding tert-OH is 2. The maximum atomic E-state index is 12.4. The molecule has 0 radical (unpaired) electrons. The van der Waals surface area contributed by atoms with Crippen molar-refractivity contribution in [1.29, 1.82) is 0 Å². The predicted molar refractivity (Wildman–Crippen MR) is 138 cm³/mol. The van der Waals surface area contributed by atoms with Gasteiger partial charge in [-0.1, -0.05) is 13.8 Å². The van der Waals surface area contributed by atoms with Gasteiger partial charge >= 0.3 is 5.97 Å². The van der Waals surface area contributed by atoms with Gasteiger partial charge in [0.25, 0.3) is 0 Å². The molecule has 5 fully saturated rings. The van der Waals surface area contributed by atoms with E-state index in [1.54, 1.807) is 13.0 Å². The van der Waals surface area contributed by atoms with Crippen molar-refractivity contribution in [2.24, 2.45) is 34.5 Å². The lowest BCUT2D eigenvalue weighted by molar-refractivity contribution is -0.313. The first-order chi connectivity index (χ1) is 18.0. The minimum atomic E-state index is -1.04. The van der Waals surface area contributed by atoms with Crippen LogP contribution in [0.2, 0.25) is 0 Å². The van der Waals surface area contributed by atoms with Crippen molar-refractivity contribution in [2.75, 3.05) is 13.7 Å². The molecule has 0 aromatic heterocycles. The Morgan fingerprint density at radius 2 is 1.79 bits per heavy atom. The van der Waals surface area contributed by atoms with E-state index in [0.717, 1.165) is 63.4 Å². The van der Waals surface area contributed by atoms with Crippen molar-refractivity contribution >= 4 is 5.97 Å². The normalized spacial score (nSPS) is 54.5. The van der Waals surface area contributed by atoms with E-state index in [9.17, 15) is 20.1 Å². The summed E-state index contributed by atoms with van der Waals surface area (Å²) in [6.45, 7) is 6.87. The third-order valence-corrected chi connectivity index (χ3v) is 12.3. The van der Waals surface area contributed by atoms with Gasteiger partial charge in [0, 0.05) is 18.6 Å². The molecule has 0 spiro atoms. The highest BCUT2D eigenvalue weighted by Gasteiger charge is 2.67. The van der Waals surface area contributed by atoms with Crippen LogP contribution in [0.4, 0.5) is 0 Å². The zero-order valence-electron chi connectivity index (χ0n) is 23.3. The van der Waals surface area contributed by atoms with Crippen LogP contribution < -0.4 is 0 Å². The van der Waals surface area contributed by atoms with Gasteiger partial charge in [-0.25, -0.2) is 4.79 Å². The maximum absolute atomic E-state index is 12.4. The molecule has 13 atom stereocenters. The lowest BCUT2D eigenvalue weighted by Crippen LogP contribution is -2.62. The van der Waals surface area contributed by atoms with Gasteiger partial charge in [-0.05, 0) is 99.4 Å². The van der Waals surface area contributed by atoms with Crippen molar-refractivity contribution < 1.29 is 39.1 Å². The predicted octanol–water partition coefficient (Wildman–Crippen LogP) is 3.11. The van der Waals surface area contributed by atoms with Crippen LogP contribution in [-0.2, 0) is 23.7 Å². The summed E-state index contributed by atoms with van der Waals surface area (Å²) >= 11 is 0. The number of aliphatic hydroxyl groups is 3. The highest BCUT2D eigenvalue weighted by Crippen LogP contribution is 2.70. The molecule has 8 nitrogen and oxygen atoms in total. The van der Waals surface area contributed by atoms with E-state index in [4.69, 9.17) is 18.9 Å². The van der Waals surface area contributed by atoms with Gasteiger partial charge in [0.15, 0.2) is 6.29 Å². The van der Waals surface area contributed by atoms with Crippen LogP contribution in [0.25, 0.3) is 0 Å². The molecule has 0 amide bonds. The molecular formula is C30H46O8. The van der Waals surface area contributed by atoms with Crippen LogP contribution in [0.15, 0.2) is 11.6 Å². The summed E-state index contributed by atoms with van der Waals surface area (Å²) in [5, 5.41) is 33.5. The molecule has 6 rings (SSSR count). The van der Waals surface area contributed by atoms with Crippen LogP contribution in [-0.4, -0.2) is 77.4 Å². The van der Waals surface area contributed by atoms with Gasteiger partial charge in [-0.3, -0.25) is 0 Å². The smallest absolute Gasteiger partial charge is 0.331 e. The first-order valence-corrected chi connectivity index (χ1v) is 14.8. The maximum Gasteiger partial charge on any atom is 0.331 e. The largest absolute Gasteiger partial charge is 0.458 e. The molecule has 4 saturated carbocycles. The minimum absolute atomic E-state index is 0.0103. The number of rotatable bonds is 4. The zero-order chi connectivity index (χ0) is 27.0. The third-order valence-electron chi connectivity index (χ3n) is 12.3. The molecule has 0 bridgehead atoms.